The van der Waals surface area contributed by atoms with Crippen molar-refractivity contribution in [3.05, 3.63) is 150 Å². The minimum absolute atomic E-state index is 0.0879. The summed E-state index contributed by atoms with van der Waals surface area (Å²) in [6.45, 7) is 2.26. The van der Waals surface area contributed by atoms with Gasteiger partial charge in [-0.15, -0.1) is 0 Å². The fourth-order valence-corrected chi connectivity index (χ4v) is 11.6. The molecule has 8 rings (SSSR count). The monoisotopic (exact) mass is 624 g/mol. The van der Waals surface area contributed by atoms with Crippen LogP contribution in [0.15, 0.2) is 143 Å². The van der Waals surface area contributed by atoms with E-state index in [1.165, 1.54) is 15.9 Å². The second-order valence-corrected chi connectivity index (χ2v) is 15.5. The maximum Gasteiger partial charge on any atom is 0.262 e. The van der Waals surface area contributed by atoms with Crippen LogP contribution < -0.4 is 36.5 Å². The highest BCUT2D eigenvalue weighted by Gasteiger charge is 2.54. The lowest BCUT2D eigenvalue weighted by atomic mass is 9.83. The molecule has 4 heterocycles. The average Bonchev–Trinajstić information content (AvgIpc) is 3.56. The van der Waals surface area contributed by atoms with Crippen molar-refractivity contribution in [2.24, 2.45) is 5.92 Å². The molecule has 46 heavy (non-hydrogen) atoms. The molecule has 0 unspecified atom stereocenters. The summed E-state index contributed by atoms with van der Waals surface area (Å²) in [6.07, 6.45) is 1.06. The third kappa shape index (κ3) is 4.76. The third-order valence-electron chi connectivity index (χ3n) is 9.44. The van der Waals surface area contributed by atoms with Crippen LogP contribution in [0.3, 0.4) is 0 Å². The smallest absolute Gasteiger partial charge is 0.262 e. The summed E-state index contributed by atoms with van der Waals surface area (Å²) < 4.78 is 14.4. The molecular weight excluding hydrogens is 589 g/mol. The molecule has 1 saturated heterocycles. The Kier molecular flexibility index (Phi) is 7.31. The molecule has 4 aromatic carbocycles. The summed E-state index contributed by atoms with van der Waals surface area (Å²) in [5.74, 6) is 2.74. The zero-order valence-electron chi connectivity index (χ0n) is 25.7. The Balaban J connectivity index is 1.39. The molecule has 0 radical (unpaired) electrons. The molecule has 228 valence electrons. The number of aromatic nitrogens is 2. The number of rotatable bonds is 7. The highest BCUT2D eigenvalue weighted by atomic mass is 31.2. The van der Waals surface area contributed by atoms with Gasteiger partial charge in [0.1, 0.15) is 21.7 Å². The normalized spacial score (nSPS) is 17.4. The molecule has 2 bridgehead atoms. The Morgan fingerprint density at radius 1 is 0.717 bits per heavy atom. The molecule has 2 atom stereocenters. The number of anilines is 1. The summed E-state index contributed by atoms with van der Waals surface area (Å²) >= 11 is 0. The number of benzene rings is 4. The quantitative estimate of drug-likeness (QED) is 0.212. The molecule has 0 saturated carbocycles. The topological polar surface area (TPSA) is 60.5 Å². The van der Waals surface area contributed by atoms with E-state index >= 15 is 0 Å². The molecule has 2 aliphatic rings. The molecule has 6 nitrogen and oxygen atoms in total. The first kappa shape index (κ1) is 28.5. The molecule has 0 aliphatic carbocycles. The van der Waals surface area contributed by atoms with Crippen molar-refractivity contribution in [2.75, 3.05) is 25.1 Å². The van der Waals surface area contributed by atoms with Crippen LogP contribution in [0, 0.1) is 5.92 Å². The molecule has 0 spiro atoms. The minimum Gasteiger partial charge on any atom is -0.497 e. The van der Waals surface area contributed by atoms with Crippen LogP contribution in [0.2, 0.25) is 0 Å². The Bertz CT molecular complexity index is 1930. The van der Waals surface area contributed by atoms with Crippen LogP contribution in [-0.4, -0.2) is 29.8 Å². The lowest BCUT2D eigenvalue weighted by molar-refractivity contribution is 0.275. The van der Waals surface area contributed by atoms with Gasteiger partial charge in [0.2, 0.25) is 5.89 Å². The number of hydrogen-bond donors (Lipinski definition) is 0. The van der Waals surface area contributed by atoms with Gasteiger partial charge in [-0.25, -0.2) is 0 Å². The summed E-state index contributed by atoms with van der Waals surface area (Å²) in [5.41, 5.74) is 3.06. The van der Waals surface area contributed by atoms with E-state index in [2.05, 4.69) is 102 Å². The molecule has 7 heteroatoms. The van der Waals surface area contributed by atoms with Gasteiger partial charge in [0.15, 0.2) is 7.26 Å². The van der Waals surface area contributed by atoms with E-state index in [-0.39, 0.29) is 11.5 Å². The van der Waals surface area contributed by atoms with Gasteiger partial charge in [0, 0.05) is 42.9 Å². The summed E-state index contributed by atoms with van der Waals surface area (Å²) in [4.78, 5) is 20.8. The maximum absolute atomic E-state index is 12.8. The number of ether oxygens (including phenoxy) is 1. The van der Waals surface area contributed by atoms with Gasteiger partial charge in [-0.05, 0) is 79.1 Å². The van der Waals surface area contributed by atoms with Crippen molar-refractivity contribution in [2.45, 2.75) is 18.9 Å². The molecular formula is C39H35N3O3P+. The average molecular weight is 625 g/mol. The number of piperidine rings is 1. The van der Waals surface area contributed by atoms with Crippen LogP contribution in [0.4, 0.5) is 5.88 Å². The first-order chi connectivity index (χ1) is 22.6. The standard InChI is InChI=1S/C39H35N3O3P/c1-44-31-22-20-29(21-23-31)37-40-38(39(45-37)41-25-28-24-30(27-41)35-18-11-19-36(43)42(35)26-28)46(32-12-5-2-6-13-32,33-14-7-3-8-15-33)34-16-9-4-10-17-34/h2-23,28,30H,24-27H2,1H3/q+1/t28-,30+/m1/s1. The largest absolute Gasteiger partial charge is 0.497 e. The lowest BCUT2D eigenvalue weighted by Gasteiger charge is -2.42. The van der Waals surface area contributed by atoms with Gasteiger partial charge in [-0.1, -0.05) is 60.7 Å². The first-order valence-corrected chi connectivity index (χ1v) is 17.6. The van der Waals surface area contributed by atoms with Gasteiger partial charge in [-0.3, -0.25) is 4.79 Å². The first-order valence-electron chi connectivity index (χ1n) is 15.8. The molecule has 2 aromatic heterocycles. The molecule has 2 aliphatic heterocycles. The summed E-state index contributed by atoms with van der Waals surface area (Å²) in [7, 11) is -0.880. The van der Waals surface area contributed by atoms with Crippen LogP contribution >= 0.6 is 7.26 Å². The summed E-state index contributed by atoms with van der Waals surface area (Å²) in [5, 5.41) is 3.66. The van der Waals surface area contributed by atoms with Crippen LogP contribution in [0.5, 0.6) is 5.75 Å². The van der Waals surface area contributed by atoms with Crippen molar-refractivity contribution >= 4 is 34.5 Å². The number of oxazole rings is 1. The minimum atomic E-state index is -2.56. The van der Waals surface area contributed by atoms with Crippen molar-refractivity contribution in [3.8, 4) is 17.2 Å². The van der Waals surface area contributed by atoms with E-state index in [1.807, 2.05) is 34.9 Å². The second-order valence-electron chi connectivity index (χ2n) is 12.2. The van der Waals surface area contributed by atoms with Gasteiger partial charge in [0.25, 0.3) is 16.9 Å². The molecule has 6 aromatic rings. The third-order valence-corrected chi connectivity index (χ3v) is 13.6. The highest BCUT2D eigenvalue weighted by molar-refractivity contribution is 8.01. The number of pyridine rings is 1. The van der Waals surface area contributed by atoms with E-state index in [0.29, 0.717) is 18.4 Å². The Morgan fingerprint density at radius 2 is 1.33 bits per heavy atom. The van der Waals surface area contributed by atoms with Gasteiger partial charge < -0.3 is 18.6 Å². The van der Waals surface area contributed by atoms with E-state index < -0.39 is 7.26 Å². The van der Waals surface area contributed by atoms with E-state index in [4.69, 9.17) is 14.1 Å². The van der Waals surface area contributed by atoms with Crippen molar-refractivity contribution in [1.82, 2.24) is 9.55 Å². The number of methoxy groups -OCH3 is 1. The predicted molar refractivity (Wildman–Crippen MR) is 187 cm³/mol. The summed E-state index contributed by atoms with van der Waals surface area (Å²) in [6, 6.07) is 46.1. The van der Waals surface area contributed by atoms with E-state index in [0.717, 1.165) is 47.8 Å². The fraction of sp³-hybridized carbons (Fsp3) is 0.179. The van der Waals surface area contributed by atoms with E-state index in [1.54, 1.807) is 13.2 Å². The predicted octanol–water partition coefficient (Wildman–Crippen LogP) is 5.76. The molecule has 0 amide bonds. The lowest BCUT2D eigenvalue weighted by Crippen LogP contribution is -2.49. The van der Waals surface area contributed by atoms with Crippen LogP contribution in [-0.2, 0) is 6.54 Å². The van der Waals surface area contributed by atoms with Crippen molar-refractivity contribution in [1.29, 1.82) is 0 Å². The van der Waals surface area contributed by atoms with Gasteiger partial charge in [-0.2, -0.15) is 4.98 Å². The number of fused-ring (bicyclic) bond motifs is 4. The zero-order chi connectivity index (χ0) is 31.1. The second kappa shape index (κ2) is 11.8. The highest BCUT2D eigenvalue weighted by Crippen LogP contribution is 2.56. The van der Waals surface area contributed by atoms with Crippen LogP contribution in [0.25, 0.3) is 11.5 Å². The maximum atomic E-state index is 12.8. The van der Waals surface area contributed by atoms with Gasteiger partial charge >= 0.3 is 0 Å². The van der Waals surface area contributed by atoms with Crippen LogP contribution in [0.1, 0.15) is 18.0 Å². The molecule has 0 N–H and O–H groups in total. The number of nitrogens with zero attached hydrogens (tertiary/aromatic N) is 3. The number of hydrogen-bond acceptors (Lipinski definition) is 5. The van der Waals surface area contributed by atoms with Crippen molar-refractivity contribution in [3.63, 3.8) is 0 Å². The van der Waals surface area contributed by atoms with E-state index in [9.17, 15) is 4.79 Å². The fourth-order valence-electron chi connectivity index (χ4n) is 7.42. The Hall–Kier alpha value is -4.93. The van der Waals surface area contributed by atoms with Gasteiger partial charge in [0.05, 0.1) is 7.11 Å². The zero-order valence-corrected chi connectivity index (χ0v) is 26.6. The Morgan fingerprint density at radius 3 is 1.91 bits per heavy atom. The SMILES string of the molecule is COc1ccc(-c2nc([P+](c3ccccc3)(c3ccccc3)c3ccccc3)c(N3C[C@H]4C[C@@H](C3)c3cccc(=O)n3C4)o2)cc1. The molecule has 1 fully saturated rings. The Labute approximate surface area is 269 Å². The van der Waals surface area contributed by atoms with Crippen molar-refractivity contribution < 1.29 is 9.15 Å².